The molecule has 2 aliphatic rings. The molecule has 0 aromatic heterocycles. The summed E-state index contributed by atoms with van der Waals surface area (Å²) in [5.41, 5.74) is -0.123. The van der Waals surface area contributed by atoms with E-state index in [9.17, 15) is 19.8 Å². The Kier molecular flexibility index (Phi) is 3.84. The fraction of sp³-hybridized carbons (Fsp3) is 0.375. The van der Waals surface area contributed by atoms with Crippen LogP contribution in [0, 0.1) is 5.92 Å². The number of aromatic hydroxyl groups is 2. The number of carbonyl (C=O) groups excluding carboxylic acids is 2. The van der Waals surface area contributed by atoms with E-state index in [1.165, 1.54) is 27.4 Å². The van der Waals surface area contributed by atoms with Gasteiger partial charge in [0.25, 0.3) is 0 Å². The third-order valence-electron chi connectivity index (χ3n) is 4.17. The minimum Gasteiger partial charge on any atom is -0.504 e. The van der Waals surface area contributed by atoms with Crippen molar-refractivity contribution in [1.29, 1.82) is 0 Å². The van der Waals surface area contributed by atoms with Crippen LogP contribution in [0.4, 0.5) is 0 Å². The van der Waals surface area contributed by atoms with E-state index in [1.807, 2.05) is 0 Å². The molecule has 0 fully saturated rings. The molecule has 0 spiro atoms. The van der Waals surface area contributed by atoms with Crippen molar-refractivity contribution in [1.82, 2.24) is 0 Å². The van der Waals surface area contributed by atoms with Crippen molar-refractivity contribution in [3.8, 4) is 23.0 Å². The van der Waals surface area contributed by atoms with Crippen LogP contribution >= 0.6 is 0 Å². The normalized spacial score (nSPS) is 25.3. The van der Waals surface area contributed by atoms with Crippen molar-refractivity contribution in [2.75, 3.05) is 21.3 Å². The number of hydrogen-bond acceptors (Lipinski definition) is 8. The summed E-state index contributed by atoms with van der Waals surface area (Å²) in [7, 11) is 3.89. The second-order valence-electron chi connectivity index (χ2n) is 5.38. The lowest BCUT2D eigenvalue weighted by atomic mass is 9.80. The van der Waals surface area contributed by atoms with E-state index in [4.69, 9.17) is 18.9 Å². The molecule has 1 aromatic rings. The van der Waals surface area contributed by atoms with Crippen LogP contribution in [0.15, 0.2) is 17.9 Å². The van der Waals surface area contributed by atoms with Gasteiger partial charge in [-0.2, -0.15) is 0 Å². The molecule has 128 valence electrons. The van der Waals surface area contributed by atoms with Crippen LogP contribution in [0.3, 0.4) is 0 Å². The maximum absolute atomic E-state index is 12.8. The van der Waals surface area contributed by atoms with E-state index < -0.39 is 35.4 Å². The molecule has 1 heterocycles. The average Bonchev–Trinajstić information content (AvgIpc) is 2.54. The second-order valence-corrected chi connectivity index (χ2v) is 5.38. The molecule has 0 radical (unpaired) electrons. The topological polar surface area (TPSA) is 112 Å². The number of benzene rings is 1. The van der Waals surface area contributed by atoms with Gasteiger partial charge in [0, 0.05) is 13.2 Å². The molecule has 1 aliphatic carbocycles. The first kappa shape index (κ1) is 16.1. The van der Waals surface area contributed by atoms with Gasteiger partial charge in [0.2, 0.25) is 11.5 Å². The lowest BCUT2D eigenvalue weighted by Crippen LogP contribution is -2.52. The first-order chi connectivity index (χ1) is 11.4. The number of rotatable bonds is 3. The molecule has 8 nitrogen and oxygen atoms in total. The molecule has 24 heavy (non-hydrogen) atoms. The Hall–Kier alpha value is -2.74. The molecular weight excluding hydrogens is 320 g/mol. The fourth-order valence-corrected chi connectivity index (χ4v) is 3.05. The summed E-state index contributed by atoms with van der Waals surface area (Å²) < 4.78 is 20.8. The largest absolute Gasteiger partial charge is 0.504 e. The van der Waals surface area contributed by atoms with E-state index in [-0.39, 0.29) is 28.6 Å². The van der Waals surface area contributed by atoms with Gasteiger partial charge < -0.3 is 29.2 Å². The summed E-state index contributed by atoms with van der Waals surface area (Å²) in [5, 5.41) is 20.1. The van der Waals surface area contributed by atoms with Gasteiger partial charge in [0.1, 0.15) is 17.4 Å². The first-order valence-electron chi connectivity index (χ1n) is 7.11. The van der Waals surface area contributed by atoms with Crippen molar-refractivity contribution in [3.05, 3.63) is 23.5 Å². The quantitative estimate of drug-likeness (QED) is 0.833. The van der Waals surface area contributed by atoms with Crippen LogP contribution in [0.25, 0.3) is 0 Å². The minimum absolute atomic E-state index is 0.00580. The van der Waals surface area contributed by atoms with Gasteiger partial charge in [-0.15, -0.1) is 0 Å². The zero-order valence-electron chi connectivity index (χ0n) is 13.2. The summed E-state index contributed by atoms with van der Waals surface area (Å²) in [6.45, 7) is 0. The number of phenolic OH excluding ortho intramolecular Hbond substituents is 2. The number of phenols is 2. The van der Waals surface area contributed by atoms with Crippen molar-refractivity contribution in [2.45, 2.75) is 12.2 Å². The van der Waals surface area contributed by atoms with Crippen molar-refractivity contribution < 1.29 is 38.7 Å². The fourth-order valence-electron chi connectivity index (χ4n) is 3.05. The molecule has 0 unspecified atom stereocenters. The second kappa shape index (κ2) is 5.72. The number of ketones is 2. The Morgan fingerprint density at radius 1 is 1.08 bits per heavy atom. The van der Waals surface area contributed by atoms with Crippen LogP contribution in [0.5, 0.6) is 23.0 Å². The Morgan fingerprint density at radius 2 is 1.79 bits per heavy atom. The van der Waals surface area contributed by atoms with E-state index >= 15 is 0 Å². The number of methoxy groups -OCH3 is 3. The summed E-state index contributed by atoms with van der Waals surface area (Å²) in [6, 6.07) is 1.16. The lowest BCUT2D eigenvalue weighted by molar-refractivity contribution is -0.136. The van der Waals surface area contributed by atoms with Gasteiger partial charge in [0.05, 0.1) is 20.1 Å². The number of hydrogen-bond donors (Lipinski definition) is 2. The molecule has 0 amide bonds. The maximum Gasteiger partial charge on any atom is 0.229 e. The van der Waals surface area contributed by atoms with Gasteiger partial charge in [-0.1, -0.05) is 0 Å². The monoisotopic (exact) mass is 336 g/mol. The Labute approximate surface area is 137 Å². The van der Waals surface area contributed by atoms with Crippen molar-refractivity contribution in [3.63, 3.8) is 0 Å². The summed E-state index contributed by atoms with van der Waals surface area (Å²) >= 11 is 0. The highest BCUT2D eigenvalue weighted by Crippen LogP contribution is 2.48. The van der Waals surface area contributed by atoms with Crippen molar-refractivity contribution >= 4 is 11.6 Å². The minimum atomic E-state index is -1.04. The lowest BCUT2D eigenvalue weighted by Gasteiger charge is -2.37. The van der Waals surface area contributed by atoms with Crippen LogP contribution in [-0.4, -0.2) is 55.3 Å². The van der Waals surface area contributed by atoms with Gasteiger partial charge >= 0.3 is 0 Å². The zero-order chi connectivity index (χ0) is 17.6. The Morgan fingerprint density at radius 3 is 2.38 bits per heavy atom. The molecule has 1 aliphatic heterocycles. The predicted octanol–water partition coefficient (Wildman–Crippen LogP) is 0.794. The summed E-state index contributed by atoms with van der Waals surface area (Å²) in [6.07, 6.45) is -0.612. The number of Topliss-reactive ketones (excluding diaryl/α,β-unsaturated/α-hetero) is 2. The molecule has 3 atom stereocenters. The molecule has 0 saturated carbocycles. The Bertz CT molecular complexity index is 751. The third-order valence-corrected chi connectivity index (χ3v) is 4.17. The van der Waals surface area contributed by atoms with Gasteiger partial charge in [-0.05, 0) is 6.08 Å². The van der Waals surface area contributed by atoms with Crippen LogP contribution in [0.2, 0.25) is 0 Å². The standard InChI is InChI=1S/C16H16O8/c1-21-9-4-6-11(18)10-8(5-7(17)15(22-2)13(10)20)24-14(6)16(23-3)12(9)19/h4-6,14,16-17,20H,1-3H3/t6-,14-,16+/m0/s1. The third kappa shape index (κ3) is 2.10. The van der Waals surface area contributed by atoms with Gasteiger partial charge in [-0.3, -0.25) is 9.59 Å². The van der Waals surface area contributed by atoms with Crippen molar-refractivity contribution in [2.24, 2.45) is 5.92 Å². The highest BCUT2D eigenvalue weighted by molar-refractivity contribution is 6.09. The average molecular weight is 336 g/mol. The van der Waals surface area contributed by atoms with Crippen LogP contribution in [-0.2, 0) is 14.3 Å². The maximum atomic E-state index is 12.8. The predicted molar refractivity (Wildman–Crippen MR) is 79.5 cm³/mol. The molecular formula is C16H16O8. The van der Waals surface area contributed by atoms with E-state index in [0.717, 1.165) is 6.07 Å². The van der Waals surface area contributed by atoms with E-state index in [2.05, 4.69) is 0 Å². The zero-order valence-corrected chi connectivity index (χ0v) is 13.2. The molecule has 3 rings (SSSR count). The van der Waals surface area contributed by atoms with E-state index in [1.54, 1.807) is 0 Å². The van der Waals surface area contributed by atoms with Gasteiger partial charge in [-0.25, -0.2) is 0 Å². The highest BCUT2D eigenvalue weighted by Gasteiger charge is 2.49. The molecule has 2 N–H and O–H groups in total. The smallest absolute Gasteiger partial charge is 0.229 e. The van der Waals surface area contributed by atoms with Crippen LogP contribution in [0.1, 0.15) is 10.4 Å². The number of fused-ring (bicyclic) bond motifs is 2. The summed E-state index contributed by atoms with van der Waals surface area (Å²) in [4.78, 5) is 25.1. The highest BCUT2D eigenvalue weighted by atomic mass is 16.5. The number of carbonyl (C=O) groups is 2. The van der Waals surface area contributed by atoms with Crippen LogP contribution < -0.4 is 9.47 Å². The SMILES string of the molecule is COC1=C[C@H]2C(=O)c3c(cc(O)c(OC)c3O)O[C@@H]2[C@H](OC)C1=O. The first-order valence-corrected chi connectivity index (χ1v) is 7.11. The number of ether oxygens (including phenoxy) is 4. The Balaban J connectivity index is 2.17. The van der Waals surface area contributed by atoms with Gasteiger partial charge in [0.15, 0.2) is 29.1 Å². The molecule has 0 bridgehead atoms. The van der Waals surface area contributed by atoms with E-state index in [0.29, 0.717) is 0 Å². The molecule has 8 heteroatoms. The molecule has 1 aromatic carbocycles. The molecule has 0 saturated heterocycles. The summed E-state index contributed by atoms with van der Waals surface area (Å²) in [5.74, 6) is -2.99.